The SMILES string of the molecule is CC/C=C\C/C=C\C/C=C\C/C=C\C/C=C\C/C=C\CCCCCCCCCCCCC(=O)OCC(COC(=O)CCCCC/C=C\C/C=C\C/C=C\CC)OC(=O)CCCCCCCCC/C=C\C/C=C\CCCCCC. The van der Waals surface area contributed by atoms with Crippen LogP contribution in [0.1, 0.15) is 284 Å². The van der Waals surface area contributed by atoms with E-state index in [2.05, 4.69) is 154 Å². The van der Waals surface area contributed by atoms with Crippen molar-refractivity contribution in [3.63, 3.8) is 0 Å². The molecule has 0 aliphatic rings. The number of ether oxygens (including phenoxy) is 3. The van der Waals surface area contributed by atoms with Crippen LogP contribution in [0.2, 0.25) is 0 Å². The minimum Gasteiger partial charge on any atom is -0.462 e. The summed E-state index contributed by atoms with van der Waals surface area (Å²) >= 11 is 0. The predicted octanol–water partition coefficient (Wildman–Crippen LogP) is 22.2. The first-order chi connectivity index (χ1) is 38.5. The summed E-state index contributed by atoms with van der Waals surface area (Å²) in [5.41, 5.74) is 0. The summed E-state index contributed by atoms with van der Waals surface area (Å²) in [6.07, 6.45) is 91.7. The smallest absolute Gasteiger partial charge is 0.306 e. The lowest BCUT2D eigenvalue weighted by Gasteiger charge is -2.18. The molecule has 6 heteroatoms. The topological polar surface area (TPSA) is 78.9 Å². The van der Waals surface area contributed by atoms with Crippen LogP contribution in [0.25, 0.3) is 0 Å². The molecule has 0 rings (SSSR count). The van der Waals surface area contributed by atoms with Crippen molar-refractivity contribution in [3.8, 4) is 0 Å². The van der Waals surface area contributed by atoms with Crippen LogP contribution in [0.3, 0.4) is 0 Å². The Morgan fingerprint density at radius 2 is 0.500 bits per heavy atom. The van der Waals surface area contributed by atoms with Crippen LogP contribution in [0.15, 0.2) is 134 Å². The van der Waals surface area contributed by atoms with Crippen molar-refractivity contribution in [1.82, 2.24) is 0 Å². The third kappa shape index (κ3) is 62.4. The Balaban J connectivity index is 4.33. The molecule has 0 aliphatic heterocycles. The Morgan fingerprint density at radius 3 is 0.795 bits per heavy atom. The maximum atomic E-state index is 12.9. The first-order valence-electron chi connectivity index (χ1n) is 32.2. The summed E-state index contributed by atoms with van der Waals surface area (Å²) in [4.78, 5) is 38.3. The first kappa shape index (κ1) is 73.5. The highest BCUT2D eigenvalue weighted by Crippen LogP contribution is 2.15. The van der Waals surface area contributed by atoms with Crippen molar-refractivity contribution in [2.75, 3.05) is 13.2 Å². The molecule has 0 aromatic rings. The average molecular weight is 1080 g/mol. The van der Waals surface area contributed by atoms with Gasteiger partial charge < -0.3 is 14.2 Å². The number of hydrogen-bond donors (Lipinski definition) is 0. The van der Waals surface area contributed by atoms with Gasteiger partial charge in [0.2, 0.25) is 0 Å². The lowest BCUT2D eigenvalue weighted by Crippen LogP contribution is -2.30. The number of esters is 3. The molecule has 1 atom stereocenters. The van der Waals surface area contributed by atoms with Crippen molar-refractivity contribution < 1.29 is 28.6 Å². The highest BCUT2D eigenvalue weighted by atomic mass is 16.6. The molecule has 0 saturated carbocycles. The molecule has 0 saturated heterocycles. The summed E-state index contributed by atoms with van der Waals surface area (Å²) in [5, 5.41) is 0. The Morgan fingerprint density at radius 1 is 0.269 bits per heavy atom. The number of carbonyl (C=O) groups excluding carboxylic acids is 3. The zero-order valence-corrected chi connectivity index (χ0v) is 50.6. The fourth-order valence-corrected chi connectivity index (χ4v) is 8.61. The molecule has 0 fully saturated rings. The van der Waals surface area contributed by atoms with Crippen LogP contribution in [0.4, 0.5) is 0 Å². The summed E-state index contributed by atoms with van der Waals surface area (Å²) < 4.78 is 16.9. The first-order valence-corrected chi connectivity index (χ1v) is 32.2. The van der Waals surface area contributed by atoms with Crippen LogP contribution < -0.4 is 0 Å². The Hall–Kier alpha value is -4.45. The Kier molecular flexibility index (Phi) is 61.4. The number of carbonyl (C=O) groups is 3. The molecule has 0 amide bonds. The van der Waals surface area contributed by atoms with Crippen LogP contribution in [0, 0.1) is 0 Å². The molecule has 1 unspecified atom stereocenters. The van der Waals surface area contributed by atoms with Gasteiger partial charge in [0, 0.05) is 19.3 Å². The van der Waals surface area contributed by atoms with E-state index in [-0.39, 0.29) is 31.1 Å². The molecule has 0 bridgehead atoms. The van der Waals surface area contributed by atoms with E-state index in [0.717, 1.165) is 135 Å². The Labute approximate surface area is 481 Å². The molecule has 442 valence electrons. The van der Waals surface area contributed by atoms with Gasteiger partial charge in [-0.15, -0.1) is 0 Å². The molecule has 0 heterocycles. The summed E-state index contributed by atoms with van der Waals surface area (Å²) in [6.45, 7) is 6.37. The van der Waals surface area contributed by atoms with Gasteiger partial charge in [-0.25, -0.2) is 0 Å². The molecule has 0 aliphatic carbocycles. The van der Waals surface area contributed by atoms with Gasteiger partial charge in [-0.05, 0) is 135 Å². The molecule has 78 heavy (non-hydrogen) atoms. The summed E-state index contributed by atoms with van der Waals surface area (Å²) in [7, 11) is 0. The van der Waals surface area contributed by atoms with Crippen molar-refractivity contribution in [2.45, 2.75) is 290 Å². The number of hydrogen-bond acceptors (Lipinski definition) is 6. The minimum atomic E-state index is -0.801. The van der Waals surface area contributed by atoms with Gasteiger partial charge in [-0.3, -0.25) is 14.4 Å². The molecular formula is C72H118O6. The second-order valence-electron chi connectivity index (χ2n) is 20.9. The zero-order chi connectivity index (χ0) is 56.4. The largest absolute Gasteiger partial charge is 0.462 e. The zero-order valence-electron chi connectivity index (χ0n) is 50.6. The molecule has 0 N–H and O–H groups in total. The molecular weight excluding hydrogens is 961 g/mol. The predicted molar refractivity (Wildman–Crippen MR) is 339 cm³/mol. The maximum absolute atomic E-state index is 12.9. The standard InChI is InChI=1S/C72H118O6/c1-4-7-10-13-16-19-22-25-27-29-31-32-33-34-35-36-37-38-39-40-41-43-44-47-50-53-56-59-62-65-71(74)77-68-69(67-76-70(73)64-61-58-55-52-49-46-24-21-18-15-12-9-6-3)78-72(75)66-63-60-57-54-51-48-45-42-30-28-26-23-20-17-14-11-8-5-2/h7,9-10,12,16,18-21,23,25,27-28,30-32,34-35,37-38,46,49,69H,4-6,8,11,13-15,17,22,24,26,29,33,36,39-45,47-48,50-68H2,1-3H3/b10-7-,12-9-,19-16-,21-18-,23-20-,27-25-,30-28-,32-31-,35-34-,38-37-,49-46-. The average Bonchev–Trinajstić information content (AvgIpc) is 3.44. The second-order valence-corrected chi connectivity index (χ2v) is 20.9. The van der Waals surface area contributed by atoms with Gasteiger partial charge in [0.25, 0.3) is 0 Å². The van der Waals surface area contributed by atoms with Crippen molar-refractivity contribution in [1.29, 1.82) is 0 Å². The third-order valence-electron chi connectivity index (χ3n) is 13.4. The third-order valence-corrected chi connectivity index (χ3v) is 13.4. The van der Waals surface area contributed by atoms with E-state index in [1.54, 1.807) is 0 Å². The monoisotopic (exact) mass is 1080 g/mol. The van der Waals surface area contributed by atoms with Crippen LogP contribution in [-0.2, 0) is 28.6 Å². The van der Waals surface area contributed by atoms with Crippen LogP contribution >= 0.6 is 0 Å². The van der Waals surface area contributed by atoms with Gasteiger partial charge in [0.15, 0.2) is 6.10 Å². The fourth-order valence-electron chi connectivity index (χ4n) is 8.61. The van der Waals surface area contributed by atoms with E-state index >= 15 is 0 Å². The van der Waals surface area contributed by atoms with E-state index in [1.165, 1.54) is 109 Å². The second kappa shape index (κ2) is 65.1. The molecule has 0 aromatic heterocycles. The minimum absolute atomic E-state index is 0.0960. The van der Waals surface area contributed by atoms with Gasteiger partial charge in [-0.1, -0.05) is 264 Å². The number of unbranched alkanes of at least 4 members (excludes halogenated alkanes) is 24. The highest BCUT2D eigenvalue weighted by molar-refractivity contribution is 5.71. The summed E-state index contributed by atoms with van der Waals surface area (Å²) in [6, 6.07) is 0. The van der Waals surface area contributed by atoms with E-state index in [4.69, 9.17) is 14.2 Å². The summed E-state index contributed by atoms with van der Waals surface area (Å²) in [5.74, 6) is -0.936. The van der Waals surface area contributed by atoms with Crippen molar-refractivity contribution in [2.24, 2.45) is 0 Å². The lowest BCUT2D eigenvalue weighted by atomic mass is 10.1. The molecule has 0 radical (unpaired) electrons. The van der Waals surface area contributed by atoms with Crippen LogP contribution in [-0.4, -0.2) is 37.2 Å². The number of allylic oxidation sites excluding steroid dienone is 22. The van der Waals surface area contributed by atoms with Gasteiger partial charge >= 0.3 is 17.9 Å². The molecule has 0 aromatic carbocycles. The van der Waals surface area contributed by atoms with E-state index in [1.807, 2.05) is 0 Å². The number of rotatable bonds is 57. The fraction of sp³-hybridized carbons (Fsp3) is 0.653. The normalized spacial score (nSPS) is 13.0. The maximum Gasteiger partial charge on any atom is 0.306 e. The highest BCUT2D eigenvalue weighted by Gasteiger charge is 2.19. The Bertz CT molecular complexity index is 1670. The molecule has 0 spiro atoms. The van der Waals surface area contributed by atoms with Gasteiger partial charge in [0.05, 0.1) is 0 Å². The van der Waals surface area contributed by atoms with E-state index in [0.29, 0.717) is 19.3 Å². The quantitative estimate of drug-likeness (QED) is 0.0261. The van der Waals surface area contributed by atoms with Crippen molar-refractivity contribution >= 4 is 17.9 Å². The van der Waals surface area contributed by atoms with Gasteiger partial charge in [-0.2, -0.15) is 0 Å². The van der Waals surface area contributed by atoms with E-state index in [9.17, 15) is 14.4 Å². The lowest BCUT2D eigenvalue weighted by molar-refractivity contribution is -0.167. The van der Waals surface area contributed by atoms with Crippen LogP contribution in [0.5, 0.6) is 0 Å². The van der Waals surface area contributed by atoms with Gasteiger partial charge in [0.1, 0.15) is 13.2 Å². The molecule has 6 nitrogen and oxygen atoms in total. The van der Waals surface area contributed by atoms with Crippen molar-refractivity contribution in [3.05, 3.63) is 134 Å². The van der Waals surface area contributed by atoms with E-state index < -0.39 is 6.10 Å².